The average Bonchev–Trinajstić information content (AvgIpc) is 2.55. The lowest BCUT2D eigenvalue weighted by atomic mass is 10.2. The molecule has 0 spiro atoms. The summed E-state index contributed by atoms with van der Waals surface area (Å²) in [6.07, 6.45) is 0. The Bertz CT molecular complexity index is 717. The molecule has 0 aliphatic carbocycles. The first-order valence-corrected chi connectivity index (χ1v) is 8.21. The van der Waals surface area contributed by atoms with Gasteiger partial charge in [0.15, 0.2) is 0 Å². The summed E-state index contributed by atoms with van der Waals surface area (Å²) in [7, 11) is 0. The average molecular weight is 365 g/mol. The van der Waals surface area contributed by atoms with E-state index in [0.29, 0.717) is 23.1 Å². The van der Waals surface area contributed by atoms with E-state index in [0.717, 1.165) is 11.1 Å². The Balaban J connectivity index is 1.92. The van der Waals surface area contributed by atoms with Crippen LogP contribution in [-0.4, -0.2) is 23.3 Å². The normalized spacial score (nSPS) is 10.3. The zero-order valence-electron chi connectivity index (χ0n) is 13.3. The molecule has 2 aromatic carbocycles. The number of hydrogen-bond acceptors (Lipinski definition) is 2. The van der Waals surface area contributed by atoms with Gasteiger partial charge < -0.3 is 10.2 Å². The Kier molecular flexibility index (Phi) is 6.64. The molecule has 0 atom stereocenters. The van der Waals surface area contributed by atoms with Crippen LogP contribution >= 0.6 is 23.2 Å². The summed E-state index contributed by atoms with van der Waals surface area (Å²) in [5.74, 6) is -0.413. The predicted octanol–water partition coefficient (Wildman–Crippen LogP) is 3.66. The van der Waals surface area contributed by atoms with Crippen molar-refractivity contribution in [1.82, 2.24) is 10.2 Å². The molecular weight excluding hydrogens is 347 g/mol. The molecule has 0 saturated heterocycles. The number of benzene rings is 2. The van der Waals surface area contributed by atoms with E-state index in [2.05, 4.69) is 5.32 Å². The highest BCUT2D eigenvalue weighted by Gasteiger charge is 2.15. The van der Waals surface area contributed by atoms with Crippen LogP contribution in [-0.2, 0) is 22.7 Å². The predicted molar refractivity (Wildman–Crippen MR) is 95.8 cm³/mol. The lowest BCUT2D eigenvalue weighted by Gasteiger charge is -2.21. The van der Waals surface area contributed by atoms with E-state index in [1.54, 1.807) is 18.2 Å². The van der Waals surface area contributed by atoms with Gasteiger partial charge in [-0.2, -0.15) is 0 Å². The van der Waals surface area contributed by atoms with Crippen molar-refractivity contribution in [2.75, 3.05) is 6.54 Å². The van der Waals surface area contributed by atoms with Crippen LogP contribution in [0.4, 0.5) is 0 Å². The van der Waals surface area contributed by atoms with Crippen LogP contribution in [0.25, 0.3) is 0 Å². The van der Waals surface area contributed by atoms with E-state index in [9.17, 15) is 9.59 Å². The molecule has 0 aromatic heterocycles. The minimum absolute atomic E-state index is 0.0197. The van der Waals surface area contributed by atoms with Gasteiger partial charge in [0, 0.05) is 30.1 Å². The standard InChI is InChI=1S/C18H18Cl2N2O2/c1-13(23)22(11-15-4-2-3-5-17(15)20)12-18(24)21-10-14-6-8-16(19)9-7-14/h2-9H,10-12H2,1H3,(H,21,24). The molecule has 0 bridgehead atoms. The summed E-state index contributed by atoms with van der Waals surface area (Å²) in [5, 5.41) is 4.02. The van der Waals surface area contributed by atoms with Crippen LogP contribution in [0.5, 0.6) is 0 Å². The number of hydrogen-bond donors (Lipinski definition) is 1. The largest absolute Gasteiger partial charge is 0.350 e. The minimum Gasteiger partial charge on any atom is -0.350 e. The summed E-state index contributed by atoms with van der Waals surface area (Å²) in [4.78, 5) is 25.4. The third-order valence-electron chi connectivity index (χ3n) is 3.50. The van der Waals surface area contributed by atoms with Gasteiger partial charge in [-0.1, -0.05) is 53.5 Å². The molecule has 0 heterocycles. The summed E-state index contributed by atoms with van der Waals surface area (Å²) < 4.78 is 0. The molecule has 0 radical (unpaired) electrons. The van der Waals surface area contributed by atoms with Gasteiger partial charge >= 0.3 is 0 Å². The summed E-state index contributed by atoms with van der Waals surface area (Å²) >= 11 is 11.9. The maximum atomic E-state index is 12.1. The molecule has 1 N–H and O–H groups in total. The Labute approximate surface area is 151 Å². The summed E-state index contributed by atoms with van der Waals surface area (Å²) in [6.45, 7) is 2.09. The van der Waals surface area contributed by atoms with Crippen LogP contribution in [0.1, 0.15) is 18.1 Å². The van der Waals surface area contributed by atoms with Crippen molar-refractivity contribution < 1.29 is 9.59 Å². The molecule has 2 rings (SSSR count). The number of carbonyl (C=O) groups excluding carboxylic acids is 2. The molecule has 0 saturated carbocycles. The second-order valence-corrected chi connectivity index (χ2v) is 6.21. The van der Waals surface area contributed by atoms with Crippen molar-refractivity contribution in [1.29, 1.82) is 0 Å². The quantitative estimate of drug-likeness (QED) is 0.850. The van der Waals surface area contributed by atoms with E-state index in [4.69, 9.17) is 23.2 Å². The number of amides is 2. The zero-order valence-corrected chi connectivity index (χ0v) is 14.8. The van der Waals surface area contributed by atoms with Crippen molar-refractivity contribution in [3.63, 3.8) is 0 Å². The first kappa shape index (κ1) is 18.3. The van der Waals surface area contributed by atoms with E-state index >= 15 is 0 Å². The van der Waals surface area contributed by atoms with E-state index in [-0.39, 0.29) is 18.4 Å². The zero-order chi connectivity index (χ0) is 17.5. The fourth-order valence-electron chi connectivity index (χ4n) is 2.14. The first-order valence-electron chi connectivity index (χ1n) is 7.46. The molecule has 4 nitrogen and oxygen atoms in total. The second kappa shape index (κ2) is 8.71. The van der Waals surface area contributed by atoms with Crippen molar-refractivity contribution >= 4 is 35.0 Å². The van der Waals surface area contributed by atoms with Gasteiger partial charge in [0.05, 0.1) is 6.54 Å². The molecule has 0 aliphatic heterocycles. The number of carbonyl (C=O) groups is 2. The smallest absolute Gasteiger partial charge is 0.239 e. The maximum absolute atomic E-state index is 12.1. The lowest BCUT2D eigenvalue weighted by molar-refractivity contribution is -0.135. The Morgan fingerprint density at radius 3 is 2.33 bits per heavy atom. The third-order valence-corrected chi connectivity index (χ3v) is 4.12. The van der Waals surface area contributed by atoms with E-state index in [1.165, 1.54) is 11.8 Å². The molecule has 126 valence electrons. The van der Waals surface area contributed by atoms with Crippen molar-refractivity contribution in [2.45, 2.75) is 20.0 Å². The third kappa shape index (κ3) is 5.55. The lowest BCUT2D eigenvalue weighted by Crippen LogP contribution is -2.39. The highest BCUT2D eigenvalue weighted by Crippen LogP contribution is 2.17. The highest BCUT2D eigenvalue weighted by atomic mass is 35.5. The molecule has 0 aliphatic rings. The fraction of sp³-hybridized carbons (Fsp3) is 0.222. The topological polar surface area (TPSA) is 49.4 Å². The summed E-state index contributed by atoms with van der Waals surface area (Å²) in [5.41, 5.74) is 1.74. The molecule has 2 aromatic rings. The number of nitrogens with zero attached hydrogens (tertiary/aromatic N) is 1. The SMILES string of the molecule is CC(=O)N(CC(=O)NCc1ccc(Cl)cc1)Cc1ccccc1Cl. The van der Waals surface area contributed by atoms with Gasteiger partial charge in [-0.15, -0.1) is 0 Å². The number of nitrogens with one attached hydrogen (secondary N) is 1. The van der Waals surface area contributed by atoms with Crippen LogP contribution in [0.15, 0.2) is 48.5 Å². The highest BCUT2D eigenvalue weighted by molar-refractivity contribution is 6.31. The molecule has 0 unspecified atom stereocenters. The minimum atomic E-state index is -0.229. The van der Waals surface area contributed by atoms with Gasteiger partial charge in [-0.3, -0.25) is 9.59 Å². The second-order valence-electron chi connectivity index (χ2n) is 5.37. The first-order chi connectivity index (χ1) is 11.5. The molecular formula is C18H18Cl2N2O2. The fourth-order valence-corrected chi connectivity index (χ4v) is 2.46. The Morgan fingerprint density at radius 1 is 1.04 bits per heavy atom. The van der Waals surface area contributed by atoms with Gasteiger partial charge in [-0.25, -0.2) is 0 Å². The summed E-state index contributed by atoms with van der Waals surface area (Å²) in [6, 6.07) is 14.5. The van der Waals surface area contributed by atoms with Gasteiger partial charge in [-0.05, 0) is 29.3 Å². The maximum Gasteiger partial charge on any atom is 0.239 e. The van der Waals surface area contributed by atoms with Crippen molar-refractivity contribution in [2.24, 2.45) is 0 Å². The van der Waals surface area contributed by atoms with Gasteiger partial charge in [0.1, 0.15) is 0 Å². The van der Waals surface area contributed by atoms with Crippen molar-refractivity contribution in [3.05, 3.63) is 69.7 Å². The molecule has 0 fully saturated rings. The number of rotatable bonds is 6. The van der Waals surface area contributed by atoms with Crippen molar-refractivity contribution in [3.8, 4) is 0 Å². The monoisotopic (exact) mass is 364 g/mol. The van der Waals surface area contributed by atoms with E-state index < -0.39 is 0 Å². The van der Waals surface area contributed by atoms with Crippen LogP contribution in [0, 0.1) is 0 Å². The van der Waals surface area contributed by atoms with Gasteiger partial charge in [0.25, 0.3) is 0 Å². The van der Waals surface area contributed by atoms with Crippen LogP contribution in [0.2, 0.25) is 10.0 Å². The van der Waals surface area contributed by atoms with Gasteiger partial charge in [0.2, 0.25) is 11.8 Å². The number of halogens is 2. The van der Waals surface area contributed by atoms with Crippen LogP contribution < -0.4 is 5.32 Å². The molecule has 6 heteroatoms. The van der Waals surface area contributed by atoms with E-state index in [1.807, 2.05) is 30.3 Å². The molecule has 24 heavy (non-hydrogen) atoms. The molecule has 2 amide bonds. The Morgan fingerprint density at radius 2 is 1.71 bits per heavy atom. The Hall–Kier alpha value is -2.04. The van der Waals surface area contributed by atoms with Crippen LogP contribution in [0.3, 0.4) is 0 Å².